The highest BCUT2D eigenvalue weighted by Gasteiger charge is 2.42. The Labute approximate surface area is 245 Å². The van der Waals surface area contributed by atoms with Gasteiger partial charge in [-0.3, -0.25) is 9.59 Å². The van der Waals surface area contributed by atoms with Crippen LogP contribution in [0.25, 0.3) is 0 Å². The third-order valence-electron chi connectivity index (χ3n) is 7.12. The molecule has 2 saturated heterocycles. The highest BCUT2D eigenvalue weighted by Crippen LogP contribution is 2.21. The molecule has 0 spiro atoms. The van der Waals surface area contributed by atoms with Crippen LogP contribution in [0.15, 0.2) is 60.7 Å². The van der Waals surface area contributed by atoms with Crippen molar-refractivity contribution in [3.05, 3.63) is 71.8 Å². The van der Waals surface area contributed by atoms with Gasteiger partial charge >= 0.3 is 12.1 Å². The Hall–Kier alpha value is -3.97. The normalized spacial score (nSPS) is 18.5. The first kappa shape index (κ1) is 31.0. The summed E-state index contributed by atoms with van der Waals surface area (Å²) in [6, 6.07) is 14.8. The number of Topliss-reactive ketones (excluding diaryl/α,β-unsaturated/α-hetero) is 1. The molecule has 1 N–H and O–H groups in total. The molecule has 2 aromatic carbocycles. The van der Waals surface area contributed by atoms with Gasteiger partial charge in [-0.25, -0.2) is 22.3 Å². The molecule has 2 unspecified atom stereocenters. The van der Waals surface area contributed by atoms with Crippen molar-refractivity contribution in [2.75, 3.05) is 45.6 Å². The van der Waals surface area contributed by atoms with Crippen LogP contribution in [0.2, 0.25) is 0 Å². The lowest BCUT2D eigenvalue weighted by Gasteiger charge is -2.33. The van der Waals surface area contributed by atoms with Crippen molar-refractivity contribution in [3.8, 4) is 0 Å². The van der Waals surface area contributed by atoms with Crippen LogP contribution in [0.3, 0.4) is 0 Å². The van der Waals surface area contributed by atoms with Crippen molar-refractivity contribution in [1.29, 1.82) is 0 Å². The maximum absolute atomic E-state index is 14.0. The molecule has 42 heavy (non-hydrogen) atoms. The van der Waals surface area contributed by atoms with Gasteiger partial charge in [0, 0.05) is 26.1 Å². The Balaban J connectivity index is 1.52. The van der Waals surface area contributed by atoms with Gasteiger partial charge in [-0.05, 0) is 24.0 Å². The number of carbonyl (C=O) groups is 4. The first-order valence-corrected chi connectivity index (χ1v) is 15.7. The van der Waals surface area contributed by atoms with Crippen LogP contribution in [0, 0.1) is 0 Å². The van der Waals surface area contributed by atoms with E-state index in [2.05, 4.69) is 5.32 Å². The molecule has 2 aliphatic rings. The zero-order valence-corrected chi connectivity index (χ0v) is 24.3. The van der Waals surface area contributed by atoms with Gasteiger partial charge < -0.3 is 24.6 Å². The van der Waals surface area contributed by atoms with E-state index >= 15 is 0 Å². The van der Waals surface area contributed by atoms with E-state index in [1.165, 1.54) is 9.80 Å². The summed E-state index contributed by atoms with van der Waals surface area (Å²) in [5, 5.41) is 2.70. The highest BCUT2D eigenvalue weighted by molar-refractivity contribution is 7.89. The van der Waals surface area contributed by atoms with Crippen LogP contribution in [0.1, 0.15) is 24.0 Å². The Bertz CT molecular complexity index is 1350. The lowest BCUT2D eigenvalue weighted by molar-refractivity contribution is -0.135. The van der Waals surface area contributed by atoms with Gasteiger partial charge in [0.15, 0.2) is 5.78 Å². The molecule has 2 fully saturated rings. The van der Waals surface area contributed by atoms with E-state index < -0.39 is 52.5 Å². The number of sulfonamides is 1. The van der Waals surface area contributed by atoms with Crippen LogP contribution in [0.4, 0.5) is 9.59 Å². The number of amides is 4. The number of nitrogens with zero attached hydrogens (tertiary/aromatic N) is 3. The van der Waals surface area contributed by atoms with Crippen LogP contribution >= 0.6 is 0 Å². The maximum atomic E-state index is 14.0. The SMILES string of the molecule is CS(=O)(=O)N(C(=O)C(Cc1ccccc1)NC(=O)N1CCOCC1)C1CCCN(C(=O)OCc2ccccc2)CC1=O. The number of carbonyl (C=O) groups excluding carboxylic acids is 4. The second kappa shape index (κ2) is 14.3. The van der Waals surface area contributed by atoms with E-state index in [1.807, 2.05) is 18.2 Å². The van der Waals surface area contributed by atoms with Crippen molar-refractivity contribution in [3.63, 3.8) is 0 Å². The van der Waals surface area contributed by atoms with Gasteiger partial charge in [-0.1, -0.05) is 60.7 Å². The summed E-state index contributed by atoms with van der Waals surface area (Å²) >= 11 is 0. The molecule has 13 heteroatoms. The Morgan fingerprint density at radius 3 is 2.21 bits per heavy atom. The minimum absolute atomic E-state index is 0.0145. The fourth-order valence-corrected chi connectivity index (χ4v) is 6.12. The number of morpholine rings is 1. The van der Waals surface area contributed by atoms with E-state index in [0.29, 0.717) is 36.2 Å². The zero-order valence-electron chi connectivity index (χ0n) is 23.5. The lowest BCUT2D eigenvalue weighted by Crippen LogP contribution is -2.59. The quantitative estimate of drug-likeness (QED) is 0.483. The first-order valence-electron chi connectivity index (χ1n) is 13.8. The smallest absolute Gasteiger partial charge is 0.410 e. The van der Waals surface area contributed by atoms with E-state index in [4.69, 9.17) is 9.47 Å². The summed E-state index contributed by atoms with van der Waals surface area (Å²) in [6.07, 6.45) is 0.457. The summed E-state index contributed by atoms with van der Waals surface area (Å²) < 4.78 is 37.4. The van der Waals surface area contributed by atoms with Gasteiger partial charge in [0.1, 0.15) is 18.7 Å². The predicted molar refractivity (Wildman–Crippen MR) is 153 cm³/mol. The largest absolute Gasteiger partial charge is 0.445 e. The molecular formula is C29H36N4O8S. The van der Waals surface area contributed by atoms with Gasteiger partial charge in [0.2, 0.25) is 10.0 Å². The molecule has 226 valence electrons. The van der Waals surface area contributed by atoms with Crippen molar-refractivity contribution >= 4 is 33.8 Å². The molecular weight excluding hydrogens is 564 g/mol. The molecule has 12 nitrogen and oxygen atoms in total. The highest BCUT2D eigenvalue weighted by atomic mass is 32.2. The van der Waals surface area contributed by atoms with Gasteiger partial charge in [0.05, 0.1) is 26.0 Å². The molecule has 0 aromatic heterocycles. The van der Waals surface area contributed by atoms with Gasteiger partial charge in [-0.2, -0.15) is 0 Å². The molecule has 0 saturated carbocycles. The molecule has 2 aromatic rings. The van der Waals surface area contributed by atoms with Crippen LogP contribution in [0.5, 0.6) is 0 Å². The molecule has 2 aliphatic heterocycles. The van der Waals surface area contributed by atoms with Gasteiger partial charge in [0.25, 0.3) is 5.91 Å². The van der Waals surface area contributed by atoms with E-state index in [-0.39, 0.29) is 32.4 Å². The molecule has 2 atom stereocenters. The topological polar surface area (TPSA) is 143 Å². The van der Waals surface area contributed by atoms with E-state index in [1.54, 1.807) is 42.5 Å². The summed E-state index contributed by atoms with van der Waals surface area (Å²) in [6.45, 7) is 1.11. The number of nitrogens with one attached hydrogen (secondary N) is 1. The lowest BCUT2D eigenvalue weighted by atomic mass is 10.0. The minimum Gasteiger partial charge on any atom is -0.445 e. The van der Waals surface area contributed by atoms with Crippen molar-refractivity contribution in [2.45, 2.75) is 38.0 Å². The number of likely N-dealkylation sites (tertiary alicyclic amines) is 1. The Morgan fingerprint density at radius 1 is 0.976 bits per heavy atom. The summed E-state index contributed by atoms with van der Waals surface area (Å²) in [5.74, 6) is -1.53. The van der Waals surface area contributed by atoms with Crippen molar-refractivity contribution in [1.82, 2.24) is 19.4 Å². The molecule has 0 aliphatic carbocycles. The number of hydrogen-bond acceptors (Lipinski definition) is 8. The van der Waals surface area contributed by atoms with E-state index in [9.17, 15) is 27.6 Å². The zero-order chi connectivity index (χ0) is 30.1. The molecule has 4 amide bonds. The number of rotatable bonds is 8. The number of ketones is 1. The second-order valence-electron chi connectivity index (χ2n) is 10.3. The molecule has 0 bridgehead atoms. The average molecular weight is 601 g/mol. The first-order chi connectivity index (χ1) is 20.1. The fourth-order valence-electron chi connectivity index (χ4n) is 4.98. The second-order valence-corrected chi connectivity index (χ2v) is 12.1. The molecule has 4 rings (SSSR count). The molecule has 0 radical (unpaired) electrons. The minimum atomic E-state index is -4.25. The third-order valence-corrected chi connectivity index (χ3v) is 8.27. The standard InChI is InChI=1S/C29H36N4O8S/c1-42(38,39)33(25-13-8-14-32(20-26(25)34)29(37)41-21-23-11-6-3-7-12-23)27(35)24(19-22-9-4-2-5-10-22)30-28(36)31-15-17-40-18-16-31/h2-7,9-12,24-25H,8,13-21H2,1H3,(H,30,36). The van der Waals surface area contributed by atoms with E-state index in [0.717, 1.165) is 11.8 Å². The monoisotopic (exact) mass is 600 g/mol. The maximum Gasteiger partial charge on any atom is 0.410 e. The Kier molecular flexibility index (Phi) is 10.5. The van der Waals surface area contributed by atoms with Gasteiger partial charge in [-0.15, -0.1) is 0 Å². The van der Waals surface area contributed by atoms with Crippen LogP contribution in [-0.2, 0) is 42.1 Å². The summed E-state index contributed by atoms with van der Waals surface area (Å²) in [7, 11) is -4.25. The Morgan fingerprint density at radius 2 is 1.60 bits per heavy atom. The third kappa shape index (κ3) is 8.29. The molecule has 2 heterocycles. The van der Waals surface area contributed by atoms with Crippen LogP contribution < -0.4 is 5.32 Å². The number of hydrogen-bond donors (Lipinski definition) is 1. The van der Waals surface area contributed by atoms with Crippen molar-refractivity contribution < 1.29 is 37.1 Å². The number of urea groups is 1. The summed E-state index contributed by atoms with van der Waals surface area (Å²) in [5.41, 5.74) is 1.48. The van der Waals surface area contributed by atoms with Crippen LogP contribution in [-0.4, -0.2) is 104 Å². The number of benzene rings is 2. The predicted octanol–water partition coefficient (Wildman–Crippen LogP) is 1.80. The van der Waals surface area contributed by atoms with Crippen molar-refractivity contribution in [2.24, 2.45) is 0 Å². The number of ether oxygens (including phenoxy) is 2. The summed E-state index contributed by atoms with van der Waals surface area (Å²) in [4.78, 5) is 55.9. The average Bonchev–Trinajstić information content (AvgIpc) is 3.17. The fraction of sp³-hybridized carbons (Fsp3) is 0.448.